The fraction of sp³-hybridized carbons (Fsp3) is 0.250. The fourth-order valence-electron chi connectivity index (χ4n) is 3.95. The maximum absolute atomic E-state index is 12.6. The molecule has 4 atom stereocenters. The van der Waals surface area contributed by atoms with Gasteiger partial charge in [-0.25, -0.2) is 17.9 Å². The number of nitrogens with one attached hydrogen (secondary N) is 1. The molecule has 4 rings (SSSR count). The summed E-state index contributed by atoms with van der Waals surface area (Å²) in [7, 11) is -3.78. The van der Waals surface area contributed by atoms with Crippen LogP contribution in [0, 0.1) is 0 Å². The highest BCUT2D eigenvalue weighted by atomic mass is 32.2. The van der Waals surface area contributed by atoms with Crippen LogP contribution in [-0.4, -0.2) is 42.8 Å². The SMILES string of the molecule is C=C(C(=O)O)c1cccc2c1OC1CC(NS(=O)(=O)c3ccccc3)C(O)C21. The molecule has 146 valence electrons. The average molecular weight is 401 g/mol. The number of benzene rings is 2. The summed E-state index contributed by atoms with van der Waals surface area (Å²) in [5.41, 5.74) is 0.944. The van der Waals surface area contributed by atoms with Gasteiger partial charge in [-0.05, 0) is 12.1 Å². The maximum Gasteiger partial charge on any atom is 0.335 e. The molecule has 0 spiro atoms. The van der Waals surface area contributed by atoms with Crippen LogP contribution in [0.4, 0.5) is 0 Å². The van der Waals surface area contributed by atoms with E-state index in [0.717, 1.165) is 0 Å². The molecule has 2 aromatic rings. The Hall–Kier alpha value is -2.68. The first kappa shape index (κ1) is 18.7. The zero-order chi connectivity index (χ0) is 20.1. The molecule has 3 N–H and O–H groups in total. The summed E-state index contributed by atoms with van der Waals surface area (Å²) in [6.45, 7) is 3.58. The van der Waals surface area contributed by atoms with Crippen molar-refractivity contribution in [3.05, 3.63) is 66.2 Å². The van der Waals surface area contributed by atoms with E-state index in [2.05, 4.69) is 11.3 Å². The van der Waals surface area contributed by atoms with E-state index in [9.17, 15) is 23.4 Å². The van der Waals surface area contributed by atoms with Gasteiger partial charge in [0.05, 0.1) is 28.5 Å². The molecule has 0 amide bonds. The van der Waals surface area contributed by atoms with Gasteiger partial charge in [0.2, 0.25) is 10.0 Å². The van der Waals surface area contributed by atoms with Crippen LogP contribution in [0.3, 0.4) is 0 Å². The Balaban J connectivity index is 1.60. The van der Waals surface area contributed by atoms with Gasteiger partial charge in [0.25, 0.3) is 0 Å². The molecule has 0 bridgehead atoms. The van der Waals surface area contributed by atoms with Crippen molar-refractivity contribution in [2.45, 2.75) is 35.5 Å². The molecule has 0 radical (unpaired) electrons. The van der Waals surface area contributed by atoms with E-state index in [-0.39, 0.29) is 16.9 Å². The monoisotopic (exact) mass is 401 g/mol. The van der Waals surface area contributed by atoms with Crippen molar-refractivity contribution < 1.29 is 28.2 Å². The van der Waals surface area contributed by atoms with Gasteiger partial charge in [0.15, 0.2) is 0 Å². The van der Waals surface area contributed by atoms with Crippen molar-refractivity contribution in [1.82, 2.24) is 4.72 Å². The molecule has 0 aromatic heterocycles. The van der Waals surface area contributed by atoms with Gasteiger partial charge in [0.1, 0.15) is 11.9 Å². The predicted molar refractivity (Wildman–Crippen MR) is 101 cm³/mol. The van der Waals surface area contributed by atoms with Crippen LogP contribution in [0.1, 0.15) is 23.5 Å². The lowest BCUT2D eigenvalue weighted by Gasteiger charge is -2.20. The Kier molecular flexibility index (Phi) is 4.49. The Bertz CT molecular complexity index is 1050. The number of carboxylic acid groups (broad SMARTS) is 1. The minimum Gasteiger partial charge on any atom is -0.489 e. The zero-order valence-electron chi connectivity index (χ0n) is 14.8. The lowest BCUT2D eigenvalue weighted by molar-refractivity contribution is -0.130. The first-order valence-corrected chi connectivity index (χ1v) is 10.3. The number of aliphatic hydroxyl groups is 1. The van der Waals surface area contributed by atoms with Crippen molar-refractivity contribution in [2.75, 3.05) is 0 Å². The average Bonchev–Trinajstić information content (AvgIpc) is 3.18. The quantitative estimate of drug-likeness (QED) is 0.658. The summed E-state index contributed by atoms with van der Waals surface area (Å²) in [5.74, 6) is -1.20. The molecule has 1 aliphatic carbocycles. The minimum absolute atomic E-state index is 0.0901. The number of ether oxygens (including phenoxy) is 1. The number of carbonyl (C=O) groups is 1. The summed E-state index contributed by atoms with van der Waals surface area (Å²) in [6.07, 6.45) is -1.18. The van der Waals surface area contributed by atoms with Crippen LogP contribution in [0.25, 0.3) is 5.57 Å². The lowest BCUT2D eigenvalue weighted by atomic mass is 9.92. The maximum atomic E-state index is 12.6. The van der Waals surface area contributed by atoms with Crippen molar-refractivity contribution >= 4 is 21.6 Å². The first-order valence-electron chi connectivity index (χ1n) is 8.77. The Morgan fingerprint density at radius 3 is 2.54 bits per heavy atom. The van der Waals surface area contributed by atoms with E-state index in [1.54, 1.807) is 36.4 Å². The molecule has 7 nitrogen and oxygen atoms in total. The van der Waals surface area contributed by atoms with E-state index in [4.69, 9.17) is 4.74 Å². The number of hydrogen-bond donors (Lipinski definition) is 3. The third-order valence-electron chi connectivity index (χ3n) is 5.28. The second-order valence-electron chi connectivity index (χ2n) is 6.96. The summed E-state index contributed by atoms with van der Waals surface area (Å²) in [4.78, 5) is 11.4. The lowest BCUT2D eigenvalue weighted by Crippen LogP contribution is -2.41. The third kappa shape index (κ3) is 2.99. The summed E-state index contributed by atoms with van der Waals surface area (Å²) in [6, 6.07) is 12.3. The number of para-hydroxylation sites is 1. The standard InChI is InChI=1S/C20H19NO6S/c1-11(20(23)24)13-8-5-9-14-17-16(27-19(13)14)10-15(18(17)22)21-28(25,26)12-6-3-2-4-7-12/h2-9,15-18,21-22H,1,10H2,(H,23,24). The number of sulfonamides is 1. The number of aliphatic hydroxyl groups excluding tert-OH is 1. The summed E-state index contributed by atoms with van der Waals surface area (Å²) < 4.78 is 33.7. The Morgan fingerprint density at radius 1 is 1.14 bits per heavy atom. The Labute approximate surface area is 162 Å². The van der Waals surface area contributed by atoms with E-state index >= 15 is 0 Å². The molecule has 0 saturated heterocycles. The summed E-state index contributed by atoms with van der Waals surface area (Å²) >= 11 is 0. The van der Waals surface area contributed by atoms with Gasteiger partial charge in [-0.2, -0.15) is 0 Å². The highest BCUT2D eigenvalue weighted by Crippen LogP contribution is 2.49. The highest BCUT2D eigenvalue weighted by molar-refractivity contribution is 7.89. The van der Waals surface area contributed by atoms with Gasteiger partial charge in [0, 0.05) is 17.5 Å². The van der Waals surface area contributed by atoms with Crippen LogP contribution in [0.15, 0.2) is 60.0 Å². The molecular formula is C20H19NO6S. The van der Waals surface area contributed by atoms with Gasteiger partial charge in [-0.3, -0.25) is 0 Å². The molecule has 1 saturated carbocycles. The molecule has 2 aromatic carbocycles. The molecular weight excluding hydrogens is 382 g/mol. The molecule has 4 unspecified atom stereocenters. The number of hydrogen-bond acceptors (Lipinski definition) is 5. The molecule has 28 heavy (non-hydrogen) atoms. The van der Waals surface area contributed by atoms with Crippen LogP contribution >= 0.6 is 0 Å². The second kappa shape index (κ2) is 6.73. The van der Waals surface area contributed by atoms with E-state index in [0.29, 0.717) is 16.9 Å². The number of fused-ring (bicyclic) bond motifs is 3. The highest BCUT2D eigenvalue weighted by Gasteiger charge is 2.51. The predicted octanol–water partition coefficient (Wildman–Crippen LogP) is 1.74. The first-order chi connectivity index (χ1) is 13.3. The molecule has 2 aliphatic rings. The Morgan fingerprint density at radius 2 is 1.86 bits per heavy atom. The fourth-order valence-corrected chi connectivity index (χ4v) is 5.24. The normalized spacial score (nSPS) is 25.6. The molecule has 8 heteroatoms. The van der Waals surface area contributed by atoms with Crippen LogP contribution in [-0.2, 0) is 14.8 Å². The van der Waals surface area contributed by atoms with Gasteiger partial charge in [-0.1, -0.05) is 43.0 Å². The van der Waals surface area contributed by atoms with Gasteiger partial charge >= 0.3 is 5.97 Å². The topological polar surface area (TPSA) is 113 Å². The van der Waals surface area contributed by atoms with Crippen molar-refractivity contribution in [3.8, 4) is 5.75 Å². The molecule has 1 heterocycles. The zero-order valence-corrected chi connectivity index (χ0v) is 15.6. The summed E-state index contributed by atoms with van der Waals surface area (Å²) in [5, 5.41) is 20.0. The van der Waals surface area contributed by atoms with E-state index in [1.165, 1.54) is 12.1 Å². The largest absolute Gasteiger partial charge is 0.489 e. The number of carboxylic acids is 1. The van der Waals surface area contributed by atoms with Crippen molar-refractivity contribution in [1.29, 1.82) is 0 Å². The van der Waals surface area contributed by atoms with Crippen molar-refractivity contribution in [3.63, 3.8) is 0 Å². The second-order valence-corrected chi connectivity index (χ2v) is 8.67. The van der Waals surface area contributed by atoms with Crippen LogP contribution in [0.2, 0.25) is 0 Å². The van der Waals surface area contributed by atoms with E-state index < -0.39 is 40.2 Å². The van der Waals surface area contributed by atoms with Crippen molar-refractivity contribution in [2.24, 2.45) is 0 Å². The molecule has 1 aliphatic heterocycles. The minimum atomic E-state index is -3.78. The smallest absolute Gasteiger partial charge is 0.335 e. The van der Waals surface area contributed by atoms with Gasteiger partial charge in [-0.15, -0.1) is 0 Å². The van der Waals surface area contributed by atoms with E-state index in [1.807, 2.05) is 0 Å². The number of aliphatic carboxylic acids is 1. The van der Waals surface area contributed by atoms with Gasteiger partial charge < -0.3 is 14.9 Å². The molecule has 1 fully saturated rings. The third-order valence-corrected chi connectivity index (χ3v) is 6.79. The van der Waals surface area contributed by atoms with Crippen LogP contribution < -0.4 is 9.46 Å². The van der Waals surface area contributed by atoms with Crippen LogP contribution in [0.5, 0.6) is 5.75 Å². The number of rotatable bonds is 5.